The highest BCUT2D eigenvalue weighted by Crippen LogP contribution is 2.27. The van der Waals surface area contributed by atoms with Crippen molar-refractivity contribution in [2.45, 2.75) is 57.1 Å². The summed E-state index contributed by atoms with van der Waals surface area (Å²) in [5.74, 6) is 0.0435. The van der Waals surface area contributed by atoms with E-state index in [-0.39, 0.29) is 28.8 Å². The molecule has 0 bridgehead atoms. The van der Waals surface area contributed by atoms with E-state index in [0.717, 1.165) is 5.69 Å². The molecule has 0 spiro atoms. The van der Waals surface area contributed by atoms with Gasteiger partial charge in [0.05, 0.1) is 21.8 Å². The average Bonchev–Trinajstić information content (AvgIpc) is 2.68. The monoisotopic (exact) mass is 409 g/mol. The lowest BCUT2D eigenvalue weighted by molar-refractivity contribution is -0.133. The molecule has 29 heavy (non-hydrogen) atoms. The number of hydrogen-bond acceptors (Lipinski definition) is 4. The lowest BCUT2D eigenvalue weighted by atomic mass is 10.2. The minimum Gasteiger partial charge on any atom is -0.337 e. The minimum atomic E-state index is -0.372. The van der Waals surface area contributed by atoms with Gasteiger partial charge in [0.2, 0.25) is 5.91 Å². The number of amides is 1. The third kappa shape index (κ3) is 4.37. The summed E-state index contributed by atoms with van der Waals surface area (Å²) in [7, 11) is 0. The van der Waals surface area contributed by atoms with Crippen molar-refractivity contribution < 1.29 is 4.79 Å². The van der Waals surface area contributed by atoms with Crippen LogP contribution in [0, 0.1) is 0 Å². The van der Waals surface area contributed by atoms with Gasteiger partial charge in [0.15, 0.2) is 5.16 Å². The van der Waals surface area contributed by atoms with Crippen molar-refractivity contribution in [1.82, 2.24) is 14.5 Å². The smallest absolute Gasteiger partial charge is 0.266 e. The number of carbonyl (C=O) groups is 1. The summed E-state index contributed by atoms with van der Waals surface area (Å²) in [5, 5.41) is 0.710. The number of para-hydroxylation sites is 2. The quantitative estimate of drug-likeness (QED) is 0.444. The van der Waals surface area contributed by atoms with Gasteiger partial charge in [-0.05, 0) is 58.9 Å². The molecule has 0 radical (unpaired) electrons. The van der Waals surface area contributed by atoms with Gasteiger partial charge in [-0.15, -0.1) is 0 Å². The third-order valence-electron chi connectivity index (χ3n) is 4.76. The van der Waals surface area contributed by atoms with Gasteiger partial charge in [-0.3, -0.25) is 14.2 Å². The van der Waals surface area contributed by atoms with Gasteiger partial charge in [-0.2, -0.15) is 0 Å². The molecule has 0 saturated heterocycles. The van der Waals surface area contributed by atoms with E-state index in [0.29, 0.717) is 16.1 Å². The number of carbonyl (C=O) groups excluding carboxylic acids is 1. The van der Waals surface area contributed by atoms with Gasteiger partial charge in [0, 0.05) is 12.1 Å². The van der Waals surface area contributed by atoms with Crippen molar-refractivity contribution in [3.8, 4) is 5.69 Å². The molecule has 0 aliphatic heterocycles. The van der Waals surface area contributed by atoms with Crippen molar-refractivity contribution in [3.05, 3.63) is 65.0 Å². The molecule has 5 nitrogen and oxygen atoms in total. The predicted molar refractivity (Wildman–Crippen MR) is 120 cm³/mol. The molecule has 0 saturated carbocycles. The van der Waals surface area contributed by atoms with Crippen LogP contribution in [0.1, 0.15) is 34.6 Å². The number of rotatable bonds is 6. The van der Waals surface area contributed by atoms with Crippen molar-refractivity contribution >= 4 is 28.6 Å². The number of benzene rings is 2. The summed E-state index contributed by atoms with van der Waals surface area (Å²) in [5.41, 5.74) is 1.24. The Labute approximate surface area is 175 Å². The number of aromatic nitrogens is 2. The van der Waals surface area contributed by atoms with E-state index in [1.54, 1.807) is 10.6 Å². The molecule has 1 heterocycles. The van der Waals surface area contributed by atoms with Crippen LogP contribution in [0.2, 0.25) is 0 Å². The Bertz CT molecular complexity index is 1050. The molecular formula is C23H27N3O2S. The molecule has 0 aliphatic carbocycles. The van der Waals surface area contributed by atoms with Gasteiger partial charge in [0.25, 0.3) is 5.56 Å². The zero-order valence-electron chi connectivity index (χ0n) is 17.5. The van der Waals surface area contributed by atoms with Gasteiger partial charge in [-0.25, -0.2) is 4.98 Å². The predicted octanol–water partition coefficient (Wildman–Crippen LogP) is 4.51. The Morgan fingerprint density at radius 2 is 1.52 bits per heavy atom. The molecule has 3 rings (SSSR count). The van der Waals surface area contributed by atoms with Crippen LogP contribution < -0.4 is 5.56 Å². The summed E-state index contributed by atoms with van der Waals surface area (Å²) in [4.78, 5) is 33.0. The van der Waals surface area contributed by atoms with Crippen LogP contribution >= 0.6 is 11.8 Å². The molecule has 6 heteroatoms. The van der Waals surface area contributed by atoms with Crippen LogP contribution in [0.3, 0.4) is 0 Å². The van der Waals surface area contributed by atoms with Crippen LogP contribution in [0.15, 0.2) is 64.5 Å². The second-order valence-corrected chi connectivity index (χ2v) is 8.89. The van der Waals surface area contributed by atoms with Crippen LogP contribution in [0.4, 0.5) is 0 Å². The van der Waals surface area contributed by atoms with E-state index in [1.807, 2.05) is 88.0 Å². The lowest BCUT2D eigenvalue weighted by Gasteiger charge is -2.33. The summed E-state index contributed by atoms with van der Waals surface area (Å²) < 4.78 is 1.60. The topological polar surface area (TPSA) is 55.2 Å². The lowest BCUT2D eigenvalue weighted by Crippen LogP contribution is -2.45. The largest absolute Gasteiger partial charge is 0.337 e. The van der Waals surface area contributed by atoms with Crippen molar-refractivity contribution in [2.24, 2.45) is 0 Å². The van der Waals surface area contributed by atoms with E-state index in [1.165, 1.54) is 11.8 Å². The first-order chi connectivity index (χ1) is 13.8. The second-order valence-electron chi connectivity index (χ2n) is 7.58. The minimum absolute atomic E-state index is 0.0435. The fraction of sp³-hybridized carbons (Fsp3) is 0.348. The Morgan fingerprint density at radius 1 is 0.931 bits per heavy atom. The molecular weight excluding hydrogens is 382 g/mol. The van der Waals surface area contributed by atoms with E-state index >= 15 is 0 Å². The molecule has 1 amide bonds. The maximum absolute atomic E-state index is 13.3. The van der Waals surface area contributed by atoms with Crippen LogP contribution in [-0.2, 0) is 4.79 Å². The fourth-order valence-electron chi connectivity index (χ4n) is 3.52. The Balaban J connectivity index is 2.09. The molecule has 1 unspecified atom stereocenters. The summed E-state index contributed by atoms with van der Waals surface area (Å²) in [6.45, 7) is 9.95. The molecule has 0 fully saturated rings. The molecule has 0 N–H and O–H groups in total. The maximum Gasteiger partial charge on any atom is 0.266 e. The maximum atomic E-state index is 13.3. The summed E-state index contributed by atoms with van der Waals surface area (Å²) in [6, 6.07) is 17.0. The van der Waals surface area contributed by atoms with Crippen LogP contribution in [0.5, 0.6) is 0 Å². The highest BCUT2D eigenvalue weighted by molar-refractivity contribution is 8.00. The van der Waals surface area contributed by atoms with Crippen molar-refractivity contribution in [1.29, 1.82) is 0 Å². The molecule has 1 aromatic heterocycles. The van der Waals surface area contributed by atoms with Gasteiger partial charge >= 0.3 is 0 Å². The zero-order valence-corrected chi connectivity index (χ0v) is 18.3. The first-order valence-corrected chi connectivity index (χ1v) is 10.7. The van der Waals surface area contributed by atoms with Crippen molar-refractivity contribution in [3.63, 3.8) is 0 Å². The van der Waals surface area contributed by atoms with E-state index in [4.69, 9.17) is 4.98 Å². The zero-order chi connectivity index (χ0) is 21.1. The van der Waals surface area contributed by atoms with Crippen molar-refractivity contribution in [2.75, 3.05) is 0 Å². The molecule has 0 aliphatic rings. The molecule has 3 aromatic rings. The fourth-order valence-corrected chi connectivity index (χ4v) is 4.50. The Hall–Kier alpha value is -2.60. The summed E-state index contributed by atoms with van der Waals surface area (Å²) in [6.07, 6.45) is 0. The molecule has 152 valence electrons. The average molecular weight is 410 g/mol. The van der Waals surface area contributed by atoms with Gasteiger partial charge in [0.1, 0.15) is 0 Å². The van der Waals surface area contributed by atoms with E-state index < -0.39 is 0 Å². The Morgan fingerprint density at radius 3 is 2.14 bits per heavy atom. The number of nitrogens with zero attached hydrogens (tertiary/aromatic N) is 3. The Kier molecular flexibility index (Phi) is 6.42. The van der Waals surface area contributed by atoms with Crippen LogP contribution in [0.25, 0.3) is 16.6 Å². The highest BCUT2D eigenvalue weighted by atomic mass is 32.2. The summed E-state index contributed by atoms with van der Waals surface area (Å²) >= 11 is 1.33. The standard InChI is InChI=1S/C23H27N3O2S/c1-15(2)25(16(3)4)21(27)17(5)29-23-24-20-14-10-9-13-19(20)22(28)26(23)18-11-7-6-8-12-18/h6-17H,1-5H3. The SMILES string of the molecule is CC(Sc1nc2ccccc2c(=O)n1-c1ccccc1)C(=O)N(C(C)C)C(C)C. The molecule has 1 atom stereocenters. The third-order valence-corrected chi connectivity index (χ3v) is 5.80. The number of fused-ring (bicyclic) bond motifs is 1. The number of hydrogen-bond donors (Lipinski definition) is 0. The van der Waals surface area contributed by atoms with E-state index in [9.17, 15) is 9.59 Å². The molecule has 2 aromatic carbocycles. The normalized spacial score (nSPS) is 12.5. The second kappa shape index (κ2) is 8.82. The van der Waals surface area contributed by atoms with E-state index in [2.05, 4.69) is 0 Å². The van der Waals surface area contributed by atoms with Gasteiger partial charge < -0.3 is 4.90 Å². The first-order valence-electron chi connectivity index (χ1n) is 9.87. The number of thioether (sulfide) groups is 1. The van der Waals surface area contributed by atoms with Crippen LogP contribution in [-0.4, -0.2) is 37.7 Å². The first kappa shape index (κ1) is 21.1. The highest BCUT2D eigenvalue weighted by Gasteiger charge is 2.27. The van der Waals surface area contributed by atoms with Gasteiger partial charge in [-0.1, -0.05) is 42.1 Å².